The van der Waals surface area contributed by atoms with Gasteiger partial charge in [0.1, 0.15) is 12.7 Å². The number of hydrogen-bond acceptors (Lipinski definition) is 7. The van der Waals surface area contributed by atoms with Crippen LogP contribution in [0, 0.1) is 0 Å². The van der Waals surface area contributed by atoms with Crippen LogP contribution in [0.1, 0.15) is 31.2 Å². The number of anilines is 1. The topological polar surface area (TPSA) is 68.2 Å². The molecular formula is C25H31N7O. The van der Waals surface area contributed by atoms with Gasteiger partial charge in [0, 0.05) is 51.2 Å². The van der Waals surface area contributed by atoms with Crippen LogP contribution in [0.25, 0.3) is 0 Å². The number of amides is 1. The smallest absolute Gasteiger partial charge is 0.244 e. The van der Waals surface area contributed by atoms with Crippen molar-refractivity contribution < 1.29 is 4.79 Å². The molecule has 0 spiro atoms. The normalized spacial score (nSPS) is 21.2. The highest BCUT2D eigenvalue weighted by atomic mass is 16.2. The van der Waals surface area contributed by atoms with Gasteiger partial charge in [-0.1, -0.05) is 36.4 Å². The Balaban J connectivity index is 1.30. The fraction of sp³-hybridized carbons (Fsp3) is 0.440. The molecule has 172 valence electrons. The van der Waals surface area contributed by atoms with Gasteiger partial charge in [-0.25, -0.2) is 9.97 Å². The lowest BCUT2D eigenvalue weighted by Gasteiger charge is -2.37. The number of hydrazone groups is 1. The Morgan fingerprint density at radius 1 is 1.00 bits per heavy atom. The number of carbonyl (C=O) groups is 1. The van der Waals surface area contributed by atoms with E-state index in [2.05, 4.69) is 45.0 Å². The molecule has 2 aromatic rings. The Bertz CT molecular complexity index is 1020. The standard InChI is InChI=1S/C25H31N7O/c1-29-23(20-9-4-2-5-10-20)28-32(24(29)21-11-6-3-7-12-21)19-22(33)30-15-17-31(18-16-30)25-26-13-8-14-27-25/h2,4-5,8-11,13-14,24H,3,6-7,12,15-19H2,1H3. The lowest BCUT2D eigenvalue weighted by molar-refractivity contribution is -0.133. The second kappa shape index (κ2) is 9.60. The van der Waals surface area contributed by atoms with Crippen LogP contribution in [-0.4, -0.2) is 82.5 Å². The van der Waals surface area contributed by atoms with E-state index in [0.717, 1.165) is 43.3 Å². The van der Waals surface area contributed by atoms with Crippen molar-refractivity contribution in [2.75, 3.05) is 44.7 Å². The van der Waals surface area contributed by atoms with Crippen LogP contribution in [0.2, 0.25) is 0 Å². The van der Waals surface area contributed by atoms with Crippen molar-refractivity contribution in [1.82, 2.24) is 24.8 Å². The second-order valence-electron chi connectivity index (χ2n) is 8.81. The first kappa shape index (κ1) is 21.4. The molecule has 5 rings (SSSR count). The number of rotatable bonds is 5. The summed E-state index contributed by atoms with van der Waals surface area (Å²) < 4.78 is 0. The Hall–Kier alpha value is -3.42. The number of nitrogens with zero attached hydrogens (tertiary/aromatic N) is 7. The van der Waals surface area contributed by atoms with E-state index in [0.29, 0.717) is 13.1 Å². The molecule has 33 heavy (non-hydrogen) atoms. The van der Waals surface area contributed by atoms with Gasteiger partial charge in [0.15, 0.2) is 5.84 Å². The Morgan fingerprint density at radius 3 is 2.45 bits per heavy atom. The molecule has 1 atom stereocenters. The molecule has 8 heteroatoms. The number of carbonyl (C=O) groups excluding carboxylic acids is 1. The monoisotopic (exact) mass is 445 g/mol. The largest absolute Gasteiger partial charge is 0.338 e. The minimum absolute atomic E-state index is 0.00321. The van der Waals surface area contributed by atoms with E-state index in [1.807, 2.05) is 34.2 Å². The highest BCUT2D eigenvalue weighted by Crippen LogP contribution is 2.30. The summed E-state index contributed by atoms with van der Waals surface area (Å²) >= 11 is 0. The van der Waals surface area contributed by atoms with E-state index in [4.69, 9.17) is 5.10 Å². The molecule has 1 saturated heterocycles. The average molecular weight is 446 g/mol. The average Bonchev–Trinajstić information content (AvgIpc) is 3.21. The van der Waals surface area contributed by atoms with Crippen LogP contribution in [-0.2, 0) is 4.79 Å². The number of amidine groups is 1. The molecule has 0 bridgehead atoms. The molecule has 8 nitrogen and oxygen atoms in total. The number of hydrogen-bond donors (Lipinski definition) is 0. The zero-order valence-corrected chi connectivity index (χ0v) is 19.2. The third-order valence-corrected chi connectivity index (χ3v) is 6.66. The molecule has 2 aliphatic heterocycles. The summed E-state index contributed by atoms with van der Waals surface area (Å²) in [5, 5.41) is 6.94. The molecule has 1 unspecified atom stereocenters. The van der Waals surface area contributed by atoms with Crippen molar-refractivity contribution >= 4 is 17.7 Å². The number of benzene rings is 1. The van der Waals surface area contributed by atoms with Crippen LogP contribution < -0.4 is 4.90 Å². The van der Waals surface area contributed by atoms with Crippen LogP contribution >= 0.6 is 0 Å². The number of likely N-dealkylation sites (N-methyl/N-ethyl adjacent to an activating group) is 1. The molecule has 0 saturated carbocycles. The van der Waals surface area contributed by atoms with E-state index in [1.54, 1.807) is 12.4 Å². The predicted octanol–water partition coefficient (Wildman–Crippen LogP) is 2.56. The maximum atomic E-state index is 13.3. The molecule has 1 aliphatic carbocycles. The van der Waals surface area contributed by atoms with E-state index < -0.39 is 0 Å². The summed E-state index contributed by atoms with van der Waals surface area (Å²) in [6.07, 6.45) is 10.5. The molecule has 1 fully saturated rings. The SMILES string of the molecule is CN1C(c2ccccc2)=NN(CC(=O)N2CCN(c3ncccn3)CC2)C1C1=CCCCC1. The van der Waals surface area contributed by atoms with Crippen molar-refractivity contribution in [2.24, 2.45) is 5.10 Å². The summed E-state index contributed by atoms with van der Waals surface area (Å²) in [4.78, 5) is 28.3. The van der Waals surface area contributed by atoms with Gasteiger partial charge >= 0.3 is 0 Å². The van der Waals surface area contributed by atoms with Gasteiger partial charge in [-0.15, -0.1) is 0 Å². The van der Waals surface area contributed by atoms with Gasteiger partial charge in [0.2, 0.25) is 11.9 Å². The van der Waals surface area contributed by atoms with E-state index in [9.17, 15) is 4.79 Å². The first-order valence-electron chi connectivity index (χ1n) is 11.8. The highest BCUT2D eigenvalue weighted by molar-refractivity contribution is 6.00. The molecule has 1 aromatic heterocycles. The maximum Gasteiger partial charge on any atom is 0.244 e. The van der Waals surface area contributed by atoms with Crippen molar-refractivity contribution in [3.05, 3.63) is 66.0 Å². The molecule has 0 N–H and O–H groups in total. The van der Waals surface area contributed by atoms with Gasteiger partial charge in [-0.3, -0.25) is 9.80 Å². The van der Waals surface area contributed by atoms with Crippen molar-refractivity contribution in [1.29, 1.82) is 0 Å². The van der Waals surface area contributed by atoms with E-state index >= 15 is 0 Å². The zero-order chi connectivity index (χ0) is 22.6. The molecule has 3 heterocycles. The summed E-state index contributed by atoms with van der Waals surface area (Å²) in [6, 6.07) is 12.1. The van der Waals surface area contributed by atoms with Gasteiger partial charge in [0.05, 0.1) is 0 Å². The van der Waals surface area contributed by atoms with E-state index in [-0.39, 0.29) is 18.6 Å². The Labute approximate surface area is 195 Å². The summed E-state index contributed by atoms with van der Waals surface area (Å²) in [5.74, 6) is 1.77. The van der Waals surface area contributed by atoms with Crippen molar-refractivity contribution in [3.63, 3.8) is 0 Å². The Morgan fingerprint density at radius 2 is 1.76 bits per heavy atom. The quantitative estimate of drug-likeness (QED) is 0.659. The van der Waals surface area contributed by atoms with Gasteiger partial charge < -0.3 is 14.7 Å². The first-order valence-corrected chi connectivity index (χ1v) is 11.8. The maximum absolute atomic E-state index is 13.3. The summed E-state index contributed by atoms with van der Waals surface area (Å²) in [6.45, 7) is 3.10. The summed E-state index contributed by atoms with van der Waals surface area (Å²) in [5.41, 5.74) is 2.45. The fourth-order valence-corrected chi connectivity index (χ4v) is 4.92. The lowest BCUT2D eigenvalue weighted by Crippen LogP contribution is -2.52. The molecule has 3 aliphatic rings. The van der Waals surface area contributed by atoms with Crippen molar-refractivity contribution in [2.45, 2.75) is 31.8 Å². The van der Waals surface area contributed by atoms with Gasteiger partial charge in [-0.05, 0) is 37.3 Å². The van der Waals surface area contributed by atoms with Crippen molar-refractivity contribution in [3.8, 4) is 0 Å². The second-order valence-corrected chi connectivity index (χ2v) is 8.81. The Kier molecular flexibility index (Phi) is 6.24. The highest BCUT2D eigenvalue weighted by Gasteiger charge is 2.37. The van der Waals surface area contributed by atoms with Crippen LogP contribution in [0.5, 0.6) is 0 Å². The fourth-order valence-electron chi connectivity index (χ4n) is 4.92. The molecule has 1 aromatic carbocycles. The minimum Gasteiger partial charge on any atom is -0.338 e. The minimum atomic E-state index is 0.00321. The number of piperazine rings is 1. The molecule has 1 amide bonds. The first-order chi connectivity index (χ1) is 16.2. The molecular weight excluding hydrogens is 414 g/mol. The van der Waals surface area contributed by atoms with Crippen LogP contribution in [0.3, 0.4) is 0 Å². The van der Waals surface area contributed by atoms with Gasteiger partial charge in [0.25, 0.3) is 0 Å². The number of allylic oxidation sites excluding steroid dienone is 1. The molecule has 0 radical (unpaired) electrons. The third kappa shape index (κ3) is 4.55. The lowest BCUT2D eigenvalue weighted by atomic mass is 9.96. The van der Waals surface area contributed by atoms with Crippen LogP contribution in [0.15, 0.2) is 65.5 Å². The predicted molar refractivity (Wildman–Crippen MR) is 129 cm³/mol. The third-order valence-electron chi connectivity index (χ3n) is 6.66. The van der Waals surface area contributed by atoms with E-state index in [1.165, 1.54) is 18.4 Å². The zero-order valence-electron chi connectivity index (χ0n) is 19.2. The van der Waals surface area contributed by atoms with Crippen LogP contribution in [0.4, 0.5) is 5.95 Å². The number of aromatic nitrogens is 2. The summed E-state index contributed by atoms with van der Waals surface area (Å²) in [7, 11) is 2.09. The van der Waals surface area contributed by atoms with Gasteiger partial charge in [-0.2, -0.15) is 5.10 Å².